The molecule has 0 amide bonds. The van der Waals surface area contributed by atoms with Crippen LogP contribution >= 0.6 is 0 Å². The van der Waals surface area contributed by atoms with Gasteiger partial charge in [0, 0.05) is 5.56 Å². The second-order valence-corrected chi connectivity index (χ2v) is 4.26. The van der Waals surface area contributed by atoms with Gasteiger partial charge in [-0.15, -0.1) is 0 Å². The number of carboxylic acids is 1. The predicted molar refractivity (Wildman–Crippen MR) is 49.6 cm³/mol. The maximum Gasteiger partial charge on any atom is 0.339 e. The fourth-order valence-corrected chi connectivity index (χ4v) is 1.86. The second-order valence-electron chi connectivity index (χ2n) is 2.87. The van der Waals surface area contributed by atoms with E-state index in [2.05, 4.69) is 0 Å². The molecule has 0 aromatic heterocycles. The summed E-state index contributed by atoms with van der Waals surface area (Å²) in [5.74, 6) is -2.05. The van der Waals surface area contributed by atoms with E-state index in [9.17, 15) is 18.3 Å². The van der Waals surface area contributed by atoms with E-state index < -0.39 is 32.3 Å². The smallest absolute Gasteiger partial charge is 0.339 e. The average molecular weight is 232 g/mol. The number of aromatic hydroxyl groups is 1. The van der Waals surface area contributed by atoms with E-state index in [0.29, 0.717) is 0 Å². The third kappa shape index (κ3) is 2.08. The molecule has 0 spiro atoms. The van der Waals surface area contributed by atoms with Crippen LogP contribution in [-0.2, 0) is 10.1 Å². The van der Waals surface area contributed by atoms with Crippen LogP contribution in [0.25, 0.3) is 0 Å². The van der Waals surface area contributed by atoms with E-state index in [1.807, 2.05) is 0 Å². The minimum atomic E-state index is -4.45. The Kier molecular flexibility index (Phi) is 2.69. The van der Waals surface area contributed by atoms with Crippen LogP contribution in [0.4, 0.5) is 0 Å². The first kappa shape index (κ1) is 11.5. The van der Waals surface area contributed by atoms with Gasteiger partial charge in [-0.1, -0.05) is 0 Å². The molecule has 0 saturated carbocycles. The van der Waals surface area contributed by atoms with E-state index in [4.69, 9.17) is 9.66 Å². The first-order chi connectivity index (χ1) is 6.75. The van der Waals surface area contributed by atoms with Crippen molar-refractivity contribution in [1.82, 2.24) is 0 Å². The van der Waals surface area contributed by atoms with E-state index >= 15 is 0 Å². The molecular formula is C8H8O6S. The van der Waals surface area contributed by atoms with Crippen molar-refractivity contribution in [2.24, 2.45) is 0 Å². The lowest BCUT2D eigenvalue weighted by Crippen LogP contribution is -2.04. The highest BCUT2D eigenvalue weighted by Gasteiger charge is 2.20. The number of hydrogen-bond acceptors (Lipinski definition) is 4. The number of benzene rings is 1. The van der Waals surface area contributed by atoms with Crippen molar-refractivity contribution >= 4 is 16.1 Å². The molecule has 1 aromatic rings. The molecule has 0 heterocycles. The Hall–Kier alpha value is -1.60. The van der Waals surface area contributed by atoms with Crippen LogP contribution < -0.4 is 0 Å². The Bertz CT molecular complexity index is 516. The molecule has 0 atom stereocenters. The lowest BCUT2D eigenvalue weighted by molar-refractivity contribution is 0.0693. The molecular weight excluding hydrogens is 224 g/mol. The number of aromatic carboxylic acids is 1. The maximum absolute atomic E-state index is 10.8. The monoisotopic (exact) mass is 232 g/mol. The second kappa shape index (κ2) is 3.52. The third-order valence-corrected chi connectivity index (χ3v) is 2.89. The van der Waals surface area contributed by atoms with E-state index in [1.54, 1.807) is 0 Å². The summed E-state index contributed by atoms with van der Waals surface area (Å²) < 4.78 is 30.3. The van der Waals surface area contributed by atoms with Gasteiger partial charge in [-0.25, -0.2) is 4.79 Å². The molecule has 0 aliphatic carbocycles. The van der Waals surface area contributed by atoms with Gasteiger partial charge in [-0.3, -0.25) is 4.55 Å². The largest absolute Gasteiger partial charge is 0.507 e. The molecule has 0 saturated heterocycles. The molecule has 0 unspecified atom stereocenters. The van der Waals surface area contributed by atoms with Gasteiger partial charge >= 0.3 is 5.97 Å². The van der Waals surface area contributed by atoms with Crippen molar-refractivity contribution in [1.29, 1.82) is 0 Å². The minimum Gasteiger partial charge on any atom is -0.507 e. The Morgan fingerprint density at radius 3 is 2.27 bits per heavy atom. The molecule has 0 aliphatic heterocycles. The maximum atomic E-state index is 10.8. The molecule has 3 N–H and O–H groups in total. The number of rotatable bonds is 2. The normalized spacial score (nSPS) is 11.3. The van der Waals surface area contributed by atoms with Crippen LogP contribution in [0.15, 0.2) is 17.0 Å². The van der Waals surface area contributed by atoms with Crippen LogP contribution in [0.1, 0.15) is 15.9 Å². The minimum absolute atomic E-state index is 0.197. The number of carbonyl (C=O) groups is 1. The lowest BCUT2D eigenvalue weighted by Gasteiger charge is -2.06. The molecule has 7 heteroatoms. The number of carboxylic acid groups (broad SMARTS) is 1. The summed E-state index contributed by atoms with van der Waals surface area (Å²) in [5, 5.41) is 18.0. The van der Waals surface area contributed by atoms with Gasteiger partial charge in [0.25, 0.3) is 10.1 Å². The Morgan fingerprint density at radius 2 is 1.87 bits per heavy atom. The highest BCUT2D eigenvalue weighted by atomic mass is 32.2. The number of hydrogen-bond donors (Lipinski definition) is 3. The molecule has 6 nitrogen and oxygen atoms in total. The Labute approximate surface area is 85.5 Å². The molecule has 1 aromatic carbocycles. The van der Waals surface area contributed by atoms with Crippen molar-refractivity contribution in [2.45, 2.75) is 11.8 Å². The van der Waals surface area contributed by atoms with Gasteiger partial charge in [-0.2, -0.15) is 8.42 Å². The van der Waals surface area contributed by atoms with Crippen LogP contribution in [0, 0.1) is 6.92 Å². The molecule has 0 bridgehead atoms. The van der Waals surface area contributed by atoms with Gasteiger partial charge < -0.3 is 10.2 Å². The fourth-order valence-electron chi connectivity index (χ4n) is 1.13. The molecule has 82 valence electrons. The topological polar surface area (TPSA) is 112 Å². The Morgan fingerprint density at radius 1 is 1.33 bits per heavy atom. The summed E-state index contributed by atoms with van der Waals surface area (Å²) in [6.07, 6.45) is 0. The SMILES string of the molecule is Cc1c(S(=O)(=O)O)ccc(C(=O)O)c1O. The lowest BCUT2D eigenvalue weighted by atomic mass is 10.1. The quantitative estimate of drug-likeness (QED) is 0.645. The molecule has 1 rings (SSSR count). The van der Waals surface area contributed by atoms with Gasteiger partial charge in [0.2, 0.25) is 0 Å². The highest BCUT2D eigenvalue weighted by molar-refractivity contribution is 7.85. The molecule has 0 fully saturated rings. The van der Waals surface area contributed by atoms with Crippen LogP contribution in [0.2, 0.25) is 0 Å². The van der Waals surface area contributed by atoms with Gasteiger partial charge in [0.1, 0.15) is 16.2 Å². The predicted octanol–water partition coefficient (Wildman–Crippen LogP) is 0.646. The van der Waals surface area contributed by atoms with Crippen molar-refractivity contribution in [3.05, 3.63) is 23.3 Å². The summed E-state index contributed by atoms with van der Waals surface area (Å²) >= 11 is 0. The standard InChI is InChI=1S/C8H8O6S/c1-4-6(15(12,13)14)3-2-5(7(4)9)8(10)11/h2-3,9H,1H3,(H,10,11)(H,12,13,14). The fraction of sp³-hybridized carbons (Fsp3) is 0.125. The van der Waals surface area contributed by atoms with E-state index in [-0.39, 0.29) is 5.56 Å². The van der Waals surface area contributed by atoms with Crippen molar-refractivity contribution in [3.8, 4) is 5.75 Å². The molecule has 15 heavy (non-hydrogen) atoms. The zero-order chi connectivity index (χ0) is 11.8. The first-order valence-corrected chi connectivity index (χ1v) is 5.22. The van der Waals surface area contributed by atoms with E-state index in [1.165, 1.54) is 6.92 Å². The summed E-state index contributed by atoms with van der Waals surface area (Å²) in [4.78, 5) is 10.1. The van der Waals surface area contributed by atoms with Gasteiger partial charge in [0.05, 0.1) is 0 Å². The Balaban J connectivity index is 3.55. The average Bonchev–Trinajstić information content (AvgIpc) is 2.06. The summed E-state index contributed by atoms with van der Waals surface area (Å²) in [6, 6.07) is 1.83. The van der Waals surface area contributed by atoms with Gasteiger partial charge in [-0.05, 0) is 19.1 Å². The van der Waals surface area contributed by atoms with Crippen LogP contribution in [0.5, 0.6) is 5.75 Å². The molecule has 0 aliphatic rings. The summed E-state index contributed by atoms with van der Waals surface area (Å²) in [6.45, 7) is 1.20. The number of phenols is 1. The van der Waals surface area contributed by atoms with Gasteiger partial charge in [0.15, 0.2) is 0 Å². The molecule has 0 radical (unpaired) electrons. The van der Waals surface area contributed by atoms with E-state index in [0.717, 1.165) is 12.1 Å². The first-order valence-electron chi connectivity index (χ1n) is 3.78. The van der Waals surface area contributed by atoms with Crippen LogP contribution in [-0.4, -0.2) is 29.2 Å². The summed E-state index contributed by atoms with van der Waals surface area (Å²) in [7, 11) is -4.45. The highest BCUT2D eigenvalue weighted by Crippen LogP contribution is 2.27. The van der Waals surface area contributed by atoms with Crippen molar-refractivity contribution in [2.75, 3.05) is 0 Å². The zero-order valence-electron chi connectivity index (χ0n) is 7.63. The summed E-state index contributed by atoms with van der Waals surface area (Å²) in [5.41, 5.74) is -0.614. The van der Waals surface area contributed by atoms with Crippen LogP contribution in [0.3, 0.4) is 0 Å². The van der Waals surface area contributed by atoms with Crippen molar-refractivity contribution < 1.29 is 28.0 Å². The third-order valence-electron chi connectivity index (χ3n) is 1.89. The van der Waals surface area contributed by atoms with Crippen molar-refractivity contribution in [3.63, 3.8) is 0 Å². The zero-order valence-corrected chi connectivity index (χ0v) is 8.45.